The molecule has 1 rings (SSSR count). The van der Waals surface area contributed by atoms with Crippen molar-refractivity contribution in [1.29, 1.82) is 0 Å². The first kappa shape index (κ1) is 15.0. The molecule has 0 aliphatic heterocycles. The first-order valence-electron chi connectivity index (χ1n) is 6.00. The molecule has 1 aromatic rings. The van der Waals surface area contributed by atoms with E-state index in [0.29, 0.717) is 6.61 Å². The van der Waals surface area contributed by atoms with Gasteiger partial charge in [0.2, 0.25) is 0 Å². The van der Waals surface area contributed by atoms with Gasteiger partial charge in [0.25, 0.3) is 0 Å². The second-order valence-corrected chi connectivity index (χ2v) is 5.09. The monoisotopic (exact) mass is 314 g/mol. The van der Waals surface area contributed by atoms with Crippen LogP contribution in [0, 0.1) is 6.92 Å². The summed E-state index contributed by atoms with van der Waals surface area (Å²) in [4.78, 5) is 17.9. The lowest BCUT2D eigenvalue weighted by atomic mass is 10.2. The van der Waals surface area contributed by atoms with Crippen LogP contribution in [0.5, 0.6) is 0 Å². The number of aromatic nitrogens is 1. The zero-order valence-electron chi connectivity index (χ0n) is 11.2. The molecule has 0 aliphatic rings. The quantitative estimate of drug-likeness (QED) is 0.784. The standard InChI is InChI=1S/C13H19BrN2O2/c1-5-18-11(17)8-16(9(2)3)13-12(14)10(4)6-7-15-13/h6-7,9H,5,8H2,1-4H3. The fraction of sp³-hybridized carbons (Fsp3) is 0.538. The number of carbonyl (C=O) groups excluding carboxylic acids is 1. The van der Waals surface area contributed by atoms with Crippen LogP contribution in [0.25, 0.3) is 0 Å². The molecule has 0 fully saturated rings. The van der Waals surface area contributed by atoms with Gasteiger partial charge in [-0.3, -0.25) is 4.79 Å². The summed E-state index contributed by atoms with van der Waals surface area (Å²) in [6, 6.07) is 2.09. The van der Waals surface area contributed by atoms with Gasteiger partial charge >= 0.3 is 5.97 Å². The number of rotatable bonds is 5. The minimum Gasteiger partial charge on any atom is -0.465 e. The molecule has 1 heterocycles. The molecule has 0 saturated carbocycles. The Balaban J connectivity index is 2.98. The number of esters is 1. The Kier molecular flexibility index (Phi) is 5.59. The Morgan fingerprint density at radius 3 is 2.78 bits per heavy atom. The number of aryl methyl sites for hydroxylation is 1. The van der Waals surface area contributed by atoms with E-state index >= 15 is 0 Å². The molecule has 0 radical (unpaired) electrons. The van der Waals surface area contributed by atoms with E-state index in [1.54, 1.807) is 13.1 Å². The predicted molar refractivity (Wildman–Crippen MR) is 75.8 cm³/mol. The van der Waals surface area contributed by atoms with Crippen LogP contribution in [0.4, 0.5) is 5.82 Å². The molecular weight excluding hydrogens is 296 g/mol. The third kappa shape index (κ3) is 3.70. The average Bonchev–Trinajstić information content (AvgIpc) is 2.30. The summed E-state index contributed by atoms with van der Waals surface area (Å²) in [5.74, 6) is 0.541. The highest BCUT2D eigenvalue weighted by molar-refractivity contribution is 9.10. The summed E-state index contributed by atoms with van der Waals surface area (Å²) in [6.07, 6.45) is 1.75. The van der Waals surface area contributed by atoms with E-state index in [2.05, 4.69) is 20.9 Å². The highest BCUT2D eigenvalue weighted by atomic mass is 79.9. The third-order valence-corrected chi connectivity index (χ3v) is 3.54. The Morgan fingerprint density at radius 1 is 1.56 bits per heavy atom. The smallest absolute Gasteiger partial charge is 0.325 e. The molecule has 100 valence electrons. The largest absolute Gasteiger partial charge is 0.465 e. The molecule has 0 amide bonds. The van der Waals surface area contributed by atoms with Crippen molar-refractivity contribution in [3.8, 4) is 0 Å². The van der Waals surface area contributed by atoms with Crippen LogP contribution in [-0.2, 0) is 9.53 Å². The molecule has 4 nitrogen and oxygen atoms in total. The summed E-state index contributed by atoms with van der Waals surface area (Å²) in [7, 11) is 0. The molecule has 0 unspecified atom stereocenters. The summed E-state index contributed by atoms with van der Waals surface area (Å²) in [5.41, 5.74) is 1.09. The van der Waals surface area contributed by atoms with Crippen molar-refractivity contribution >= 4 is 27.7 Å². The highest BCUT2D eigenvalue weighted by Gasteiger charge is 2.19. The number of nitrogens with zero attached hydrogens (tertiary/aromatic N) is 2. The zero-order valence-corrected chi connectivity index (χ0v) is 12.8. The zero-order chi connectivity index (χ0) is 13.7. The van der Waals surface area contributed by atoms with Crippen LogP contribution in [-0.4, -0.2) is 30.1 Å². The number of anilines is 1. The SMILES string of the molecule is CCOC(=O)CN(c1nccc(C)c1Br)C(C)C. The number of ether oxygens (including phenoxy) is 1. The summed E-state index contributed by atoms with van der Waals surface area (Å²) in [6.45, 7) is 8.45. The number of carbonyl (C=O) groups is 1. The van der Waals surface area contributed by atoms with Gasteiger partial charge in [0, 0.05) is 12.2 Å². The van der Waals surface area contributed by atoms with Crippen LogP contribution < -0.4 is 4.90 Å². The number of halogens is 1. The van der Waals surface area contributed by atoms with E-state index < -0.39 is 0 Å². The lowest BCUT2D eigenvalue weighted by molar-refractivity contribution is -0.141. The van der Waals surface area contributed by atoms with E-state index in [9.17, 15) is 4.79 Å². The summed E-state index contributed by atoms with van der Waals surface area (Å²) >= 11 is 3.52. The maximum atomic E-state index is 11.6. The molecule has 0 aromatic carbocycles. The number of hydrogen-bond donors (Lipinski definition) is 0. The second kappa shape index (κ2) is 6.73. The van der Waals surface area contributed by atoms with E-state index in [0.717, 1.165) is 15.9 Å². The van der Waals surface area contributed by atoms with Gasteiger partial charge in [-0.2, -0.15) is 0 Å². The molecule has 0 saturated heterocycles. The van der Waals surface area contributed by atoms with Crippen molar-refractivity contribution < 1.29 is 9.53 Å². The van der Waals surface area contributed by atoms with Crippen molar-refractivity contribution in [2.24, 2.45) is 0 Å². The molecular formula is C13H19BrN2O2. The van der Waals surface area contributed by atoms with Gasteiger partial charge in [-0.25, -0.2) is 4.98 Å². The first-order valence-corrected chi connectivity index (χ1v) is 6.80. The minimum absolute atomic E-state index is 0.167. The maximum Gasteiger partial charge on any atom is 0.325 e. The van der Waals surface area contributed by atoms with E-state index in [-0.39, 0.29) is 18.6 Å². The van der Waals surface area contributed by atoms with Crippen LogP contribution in [0.1, 0.15) is 26.3 Å². The number of pyridine rings is 1. The molecule has 0 N–H and O–H groups in total. The Labute approximate surface area is 116 Å². The molecule has 1 aromatic heterocycles. The van der Waals surface area contributed by atoms with Gasteiger partial charge in [0.15, 0.2) is 0 Å². The van der Waals surface area contributed by atoms with Crippen LogP contribution in [0.15, 0.2) is 16.7 Å². The van der Waals surface area contributed by atoms with Crippen LogP contribution in [0.2, 0.25) is 0 Å². The fourth-order valence-corrected chi connectivity index (χ4v) is 2.04. The molecule has 18 heavy (non-hydrogen) atoms. The fourth-order valence-electron chi connectivity index (χ4n) is 1.57. The maximum absolute atomic E-state index is 11.6. The molecule has 0 spiro atoms. The van der Waals surface area contributed by atoms with Crippen molar-refractivity contribution in [2.45, 2.75) is 33.7 Å². The number of hydrogen-bond acceptors (Lipinski definition) is 4. The van der Waals surface area contributed by atoms with E-state index in [1.165, 1.54) is 0 Å². The third-order valence-electron chi connectivity index (χ3n) is 2.56. The molecule has 0 atom stereocenters. The van der Waals surface area contributed by atoms with Gasteiger partial charge in [-0.1, -0.05) is 0 Å². The minimum atomic E-state index is -0.235. The van der Waals surface area contributed by atoms with Gasteiger partial charge < -0.3 is 9.64 Å². The lowest BCUT2D eigenvalue weighted by Crippen LogP contribution is -2.37. The van der Waals surface area contributed by atoms with Crippen LogP contribution in [0.3, 0.4) is 0 Å². The highest BCUT2D eigenvalue weighted by Crippen LogP contribution is 2.28. The average molecular weight is 315 g/mol. The first-order chi connectivity index (χ1) is 8.47. The van der Waals surface area contributed by atoms with E-state index in [1.807, 2.05) is 31.7 Å². The second-order valence-electron chi connectivity index (χ2n) is 4.29. The molecule has 5 heteroatoms. The Morgan fingerprint density at radius 2 is 2.22 bits per heavy atom. The van der Waals surface area contributed by atoms with Gasteiger partial charge in [-0.15, -0.1) is 0 Å². The predicted octanol–water partition coefficient (Wildman–Crippen LogP) is 2.93. The summed E-state index contributed by atoms with van der Waals surface area (Å²) in [5, 5.41) is 0. The lowest BCUT2D eigenvalue weighted by Gasteiger charge is -2.28. The van der Waals surface area contributed by atoms with Crippen molar-refractivity contribution in [3.63, 3.8) is 0 Å². The topological polar surface area (TPSA) is 42.4 Å². The van der Waals surface area contributed by atoms with Crippen molar-refractivity contribution in [3.05, 3.63) is 22.3 Å². The van der Waals surface area contributed by atoms with Gasteiger partial charge in [0.1, 0.15) is 12.4 Å². The van der Waals surface area contributed by atoms with Crippen molar-refractivity contribution in [2.75, 3.05) is 18.1 Å². The Bertz CT molecular complexity index is 421. The Hall–Kier alpha value is -1.10. The normalized spacial score (nSPS) is 10.6. The summed E-state index contributed by atoms with van der Waals surface area (Å²) < 4.78 is 5.91. The van der Waals surface area contributed by atoms with Crippen LogP contribution >= 0.6 is 15.9 Å². The van der Waals surface area contributed by atoms with Crippen molar-refractivity contribution in [1.82, 2.24) is 4.98 Å². The van der Waals surface area contributed by atoms with Gasteiger partial charge in [0.05, 0.1) is 11.1 Å². The molecule has 0 aliphatic carbocycles. The van der Waals surface area contributed by atoms with Gasteiger partial charge in [-0.05, 0) is 55.3 Å². The molecule has 0 bridgehead atoms. The van der Waals surface area contributed by atoms with E-state index in [4.69, 9.17) is 4.74 Å².